The van der Waals surface area contributed by atoms with Gasteiger partial charge in [0, 0.05) is 19.1 Å². The van der Waals surface area contributed by atoms with Crippen molar-refractivity contribution < 1.29 is 9.90 Å². The minimum Gasteiger partial charge on any atom is -0.465 e. The zero-order valence-electron chi connectivity index (χ0n) is 7.70. The van der Waals surface area contributed by atoms with Crippen molar-refractivity contribution in [3.8, 4) is 0 Å². The van der Waals surface area contributed by atoms with Crippen molar-refractivity contribution in [1.82, 2.24) is 10.2 Å². The van der Waals surface area contributed by atoms with Gasteiger partial charge in [-0.15, -0.1) is 0 Å². The maximum atomic E-state index is 10.9. The van der Waals surface area contributed by atoms with Crippen LogP contribution in [0.25, 0.3) is 0 Å². The largest absolute Gasteiger partial charge is 0.465 e. The molecule has 0 saturated carbocycles. The fourth-order valence-electron chi connectivity index (χ4n) is 2.38. The van der Waals surface area contributed by atoms with E-state index in [0.29, 0.717) is 5.92 Å². The fourth-order valence-corrected chi connectivity index (χ4v) is 2.38. The molecule has 74 valence electrons. The Morgan fingerprint density at radius 1 is 1.38 bits per heavy atom. The molecule has 0 radical (unpaired) electrons. The zero-order valence-corrected chi connectivity index (χ0v) is 7.70. The highest BCUT2D eigenvalue weighted by Crippen LogP contribution is 2.23. The summed E-state index contributed by atoms with van der Waals surface area (Å²) in [5, 5.41) is 12.3. The predicted octanol–water partition coefficient (Wildman–Crippen LogP) is 0.738. The van der Waals surface area contributed by atoms with E-state index >= 15 is 0 Å². The Morgan fingerprint density at radius 2 is 2.23 bits per heavy atom. The van der Waals surface area contributed by atoms with Crippen LogP contribution >= 0.6 is 0 Å². The van der Waals surface area contributed by atoms with E-state index < -0.39 is 6.09 Å². The van der Waals surface area contributed by atoms with Crippen LogP contribution in [0.4, 0.5) is 4.79 Å². The lowest BCUT2D eigenvalue weighted by Gasteiger charge is -2.25. The summed E-state index contributed by atoms with van der Waals surface area (Å²) >= 11 is 0. The monoisotopic (exact) mass is 184 g/mol. The zero-order chi connectivity index (χ0) is 9.26. The molecule has 0 aliphatic carbocycles. The summed E-state index contributed by atoms with van der Waals surface area (Å²) in [7, 11) is 0. The normalized spacial score (nSPS) is 34.0. The highest BCUT2D eigenvalue weighted by molar-refractivity contribution is 5.65. The van der Waals surface area contributed by atoms with Crippen molar-refractivity contribution in [2.75, 3.05) is 19.6 Å². The molecule has 0 aromatic carbocycles. The highest BCUT2D eigenvalue weighted by atomic mass is 16.4. The summed E-state index contributed by atoms with van der Waals surface area (Å²) < 4.78 is 0. The number of carboxylic acid groups (broad SMARTS) is 1. The molecular formula is C9H16N2O2. The van der Waals surface area contributed by atoms with Crippen LogP contribution < -0.4 is 5.32 Å². The van der Waals surface area contributed by atoms with Crippen molar-refractivity contribution in [3.05, 3.63) is 0 Å². The van der Waals surface area contributed by atoms with Crippen LogP contribution in [0.5, 0.6) is 0 Å². The molecule has 4 nitrogen and oxygen atoms in total. The van der Waals surface area contributed by atoms with Gasteiger partial charge in [-0.1, -0.05) is 6.42 Å². The van der Waals surface area contributed by atoms with Gasteiger partial charge in [0.1, 0.15) is 0 Å². The van der Waals surface area contributed by atoms with Gasteiger partial charge in [0.25, 0.3) is 0 Å². The van der Waals surface area contributed by atoms with Gasteiger partial charge in [-0.05, 0) is 25.3 Å². The van der Waals surface area contributed by atoms with Crippen molar-refractivity contribution in [3.63, 3.8) is 0 Å². The minimum absolute atomic E-state index is 0.213. The standard InChI is InChI=1S/C9H16N2O2/c12-9(13)11-6-7-2-1-3-8(11)5-10-4-7/h7-8,10H,1-6H2,(H,12,13)/t7-,8+/m1/s1. The number of fused-ring (bicyclic) bond motifs is 3. The summed E-state index contributed by atoms with van der Waals surface area (Å²) in [4.78, 5) is 12.6. The van der Waals surface area contributed by atoms with Gasteiger partial charge >= 0.3 is 6.09 Å². The molecule has 0 aromatic heterocycles. The number of carbonyl (C=O) groups is 1. The molecule has 2 N–H and O–H groups in total. The first-order valence-corrected chi connectivity index (χ1v) is 4.97. The predicted molar refractivity (Wildman–Crippen MR) is 48.7 cm³/mol. The van der Waals surface area contributed by atoms with Crippen LogP contribution in [0.3, 0.4) is 0 Å². The first kappa shape index (κ1) is 8.81. The molecule has 2 aliphatic rings. The first-order chi connectivity index (χ1) is 6.27. The summed E-state index contributed by atoms with van der Waals surface area (Å²) in [6.07, 6.45) is 2.63. The highest BCUT2D eigenvalue weighted by Gasteiger charge is 2.31. The van der Waals surface area contributed by atoms with E-state index in [2.05, 4.69) is 5.32 Å². The Balaban J connectivity index is 2.14. The molecule has 2 saturated heterocycles. The van der Waals surface area contributed by atoms with Crippen LogP contribution in [-0.4, -0.2) is 41.8 Å². The Bertz CT molecular complexity index is 198. The molecule has 2 fully saturated rings. The number of hydrogen-bond donors (Lipinski definition) is 2. The van der Waals surface area contributed by atoms with E-state index in [4.69, 9.17) is 5.11 Å². The molecule has 2 atom stereocenters. The van der Waals surface area contributed by atoms with Crippen molar-refractivity contribution in [2.45, 2.75) is 25.3 Å². The van der Waals surface area contributed by atoms with E-state index in [9.17, 15) is 4.79 Å². The van der Waals surface area contributed by atoms with Crippen molar-refractivity contribution in [2.24, 2.45) is 5.92 Å². The number of nitrogens with zero attached hydrogens (tertiary/aromatic N) is 1. The SMILES string of the molecule is O=C(O)N1C[C@@H]2CCC[C@H]1CNC2. The van der Waals surface area contributed by atoms with Crippen LogP contribution in [0, 0.1) is 5.92 Å². The van der Waals surface area contributed by atoms with E-state index in [-0.39, 0.29) is 6.04 Å². The van der Waals surface area contributed by atoms with E-state index in [1.54, 1.807) is 4.90 Å². The average Bonchev–Trinajstić information content (AvgIpc) is 2.32. The summed E-state index contributed by atoms with van der Waals surface area (Å²) in [5.74, 6) is 0.531. The summed E-state index contributed by atoms with van der Waals surface area (Å²) in [5.41, 5.74) is 0. The van der Waals surface area contributed by atoms with Gasteiger partial charge in [-0.2, -0.15) is 0 Å². The number of amides is 1. The van der Waals surface area contributed by atoms with E-state index in [1.807, 2.05) is 0 Å². The second-order valence-electron chi connectivity index (χ2n) is 4.04. The lowest BCUT2D eigenvalue weighted by molar-refractivity contribution is 0.125. The maximum Gasteiger partial charge on any atom is 0.407 e. The quantitative estimate of drug-likeness (QED) is 0.583. The number of hydrogen-bond acceptors (Lipinski definition) is 2. The Labute approximate surface area is 77.9 Å². The third kappa shape index (κ3) is 1.77. The lowest BCUT2D eigenvalue weighted by Crippen LogP contribution is -2.42. The van der Waals surface area contributed by atoms with Crippen LogP contribution in [0.1, 0.15) is 19.3 Å². The fraction of sp³-hybridized carbons (Fsp3) is 0.889. The van der Waals surface area contributed by atoms with Gasteiger partial charge in [0.05, 0.1) is 0 Å². The second kappa shape index (κ2) is 3.54. The van der Waals surface area contributed by atoms with Gasteiger partial charge in [0.15, 0.2) is 0 Å². The molecule has 2 heterocycles. The molecule has 0 spiro atoms. The first-order valence-electron chi connectivity index (χ1n) is 4.97. The minimum atomic E-state index is -0.749. The molecule has 2 rings (SSSR count). The van der Waals surface area contributed by atoms with Gasteiger partial charge in [-0.25, -0.2) is 4.79 Å². The summed E-state index contributed by atoms with van der Waals surface area (Å²) in [6.45, 7) is 2.55. The average molecular weight is 184 g/mol. The maximum absolute atomic E-state index is 10.9. The van der Waals surface area contributed by atoms with Gasteiger partial charge in [-0.3, -0.25) is 0 Å². The summed E-state index contributed by atoms with van der Waals surface area (Å²) in [6, 6.07) is 0.213. The van der Waals surface area contributed by atoms with Crippen LogP contribution in [-0.2, 0) is 0 Å². The Hall–Kier alpha value is -0.770. The van der Waals surface area contributed by atoms with E-state index in [1.165, 1.54) is 12.8 Å². The van der Waals surface area contributed by atoms with Crippen molar-refractivity contribution in [1.29, 1.82) is 0 Å². The number of nitrogens with one attached hydrogen (secondary N) is 1. The van der Waals surface area contributed by atoms with Crippen LogP contribution in [0.2, 0.25) is 0 Å². The Morgan fingerprint density at radius 3 is 3.00 bits per heavy atom. The molecular weight excluding hydrogens is 168 g/mol. The lowest BCUT2D eigenvalue weighted by atomic mass is 10.0. The topological polar surface area (TPSA) is 52.6 Å². The second-order valence-corrected chi connectivity index (χ2v) is 4.04. The molecule has 2 aliphatic heterocycles. The number of rotatable bonds is 0. The third-order valence-corrected chi connectivity index (χ3v) is 3.10. The van der Waals surface area contributed by atoms with E-state index in [0.717, 1.165) is 26.1 Å². The molecule has 13 heavy (non-hydrogen) atoms. The van der Waals surface area contributed by atoms with Gasteiger partial charge in [0.2, 0.25) is 0 Å². The molecule has 0 unspecified atom stereocenters. The molecule has 2 bridgehead atoms. The van der Waals surface area contributed by atoms with Crippen LogP contribution in [0.15, 0.2) is 0 Å². The van der Waals surface area contributed by atoms with Gasteiger partial charge < -0.3 is 15.3 Å². The molecule has 1 amide bonds. The Kier molecular flexibility index (Phi) is 2.40. The third-order valence-electron chi connectivity index (χ3n) is 3.10. The molecule has 4 heteroatoms. The molecule has 0 aromatic rings. The van der Waals surface area contributed by atoms with Crippen molar-refractivity contribution >= 4 is 6.09 Å². The smallest absolute Gasteiger partial charge is 0.407 e.